The van der Waals surface area contributed by atoms with Crippen LogP contribution in [0.1, 0.15) is 18.9 Å². The highest BCUT2D eigenvalue weighted by molar-refractivity contribution is 5.80. The number of nitrogens with one attached hydrogen (secondary N) is 3. The number of amides is 1. The van der Waals surface area contributed by atoms with Crippen molar-refractivity contribution in [2.45, 2.75) is 26.4 Å². The van der Waals surface area contributed by atoms with Gasteiger partial charge in [0.2, 0.25) is 0 Å². The molecule has 0 fully saturated rings. The topological polar surface area (TPSA) is 79.7 Å². The minimum absolute atomic E-state index is 0.0185. The molecule has 164 valence electrons. The molecule has 1 aromatic heterocycles. The van der Waals surface area contributed by atoms with Gasteiger partial charge in [-0.15, -0.1) is 0 Å². The highest BCUT2D eigenvalue weighted by atomic mass is 16.5. The predicted molar refractivity (Wildman–Crippen MR) is 125 cm³/mol. The molecule has 0 atom stereocenters. The molecule has 0 saturated carbocycles. The summed E-state index contributed by atoms with van der Waals surface area (Å²) in [5, 5.41) is 10.7. The number of para-hydroxylation sites is 1. The Labute approximate surface area is 183 Å². The van der Waals surface area contributed by atoms with Crippen LogP contribution in [0.5, 0.6) is 5.75 Å². The molecule has 3 aromatic rings. The summed E-state index contributed by atoms with van der Waals surface area (Å²) in [5.74, 6) is 1.31. The zero-order valence-electron chi connectivity index (χ0n) is 18.2. The van der Waals surface area contributed by atoms with E-state index in [1.807, 2.05) is 31.2 Å². The van der Waals surface area contributed by atoms with Gasteiger partial charge >= 0.3 is 0 Å². The Balaban J connectivity index is 1.41. The van der Waals surface area contributed by atoms with E-state index in [0.717, 1.165) is 31.0 Å². The van der Waals surface area contributed by atoms with Crippen LogP contribution in [-0.2, 0) is 17.9 Å². The van der Waals surface area contributed by atoms with Crippen molar-refractivity contribution in [2.75, 3.05) is 26.7 Å². The zero-order chi connectivity index (χ0) is 21.9. The Bertz CT molecular complexity index is 1010. The molecule has 0 aliphatic carbocycles. The molecule has 31 heavy (non-hydrogen) atoms. The van der Waals surface area contributed by atoms with Crippen LogP contribution >= 0.6 is 0 Å². The van der Waals surface area contributed by atoms with Crippen molar-refractivity contribution in [3.63, 3.8) is 0 Å². The molecule has 0 saturated heterocycles. The van der Waals surface area contributed by atoms with Gasteiger partial charge < -0.3 is 25.3 Å². The van der Waals surface area contributed by atoms with Crippen LogP contribution in [0, 0.1) is 0 Å². The molecule has 3 N–H and O–H groups in total. The predicted octanol–water partition coefficient (Wildman–Crippen LogP) is 2.91. The number of hydrogen-bond donors (Lipinski definition) is 3. The number of likely N-dealkylation sites (N-methyl/N-ethyl adjacent to an activating group) is 1. The van der Waals surface area contributed by atoms with E-state index in [1.54, 1.807) is 7.05 Å². The minimum atomic E-state index is -0.122. The lowest BCUT2D eigenvalue weighted by atomic mass is 10.2. The number of rotatable bonds is 10. The smallest absolute Gasteiger partial charge is 0.257 e. The van der Waals surface area contributed by atoms with Crippen molar-refractivity contribution < 1.29 is 9.53 Å². The van der Waals surface area contributed by atoms with Gasteiger partial charge in [0.1, 0.15) is 5.75 Å². The fourth-order valence-corrected chi connectivity index (χ4v) is 3.34. The number of carbonyl (C=O) groups excluding carboxylic acids is 1. The maximum absolute atomic E-state index is 11.5. The summed E-state index contributed by atoms with van der Waals surface area (Å²) in [4.78, 5) is 15.8. The van der Waals surface area contributed by atoms with Crippen molar-refractivity contribution in [1.29, 1.82) is 0 Å². The van der Waals surface area contributed by atoms with Crippen molar-refractivity contribution in [2.24, 2.45) is 4.99 Å². The summed E-state index contributed by atoms with van der Waals surface area (Å²) >= 11 is 0. The molecule has 1 heterocycles. The summed E-state index contributed by atoms with van der Waals surface area (Å²) in [6, 6.07) is 18.3. The van der Waals surface area contributed by atoms with Crippen LogP contribution < -0.4 is 20.7 Å². The first kappa shape index (κ1) is 22.2. The molecule has 0 aliphatic rings. The average Bonchev–Trinajstić information content (AvgIpc) is 3.21. The maximum atomic E-state index is 11.5. The Kier molecular flexibility index (Phi) is 8.34. The van der Waals surface area contributed by atoms with Gasteiger partial charge in [-0.2, -0.15) is 0 Å². The van der Waals surface area contributed by atoms with Gasteiger partial charge in [0, 0.05) is 44.9 Å². The van der Waals surface area contributed by atoms with Crippen molar-refractivity contribution in [3.8, 4) is 5.75 Å². The van der Waals surface area contributed by atoms with E-state index < -0.39 is 0 Å². The summed E-state index contributed by atoms with van der Waals surface area (Å²) < 4.78 is 7.83. The third-order valence-electron chi connectivity index (χ3n) is 4.87. The molecule has 0 unspecified atom stereocenters. The van der Waals surface area contributed by atoms with Crippen molar-refractivity contribution in [1.82, 2.24) is 20.5 Å². The molecule has 7 nitrogen and oxygen atoms in total. The van der Waals surface area contributed by atoms with Gasteiger partial charge in [0.25, 0.3) is 5.91 Å². The number of carbonyl (C=O) groups is 1. The standard InChI is InChI=1S/C24H31N5O2/c1-3-26-23(30)18-31-21-10-6-8-19(16-21)17-28-24(25-2)27-13-7-14-29-15-12-20-9-4-5-11-22(20)29/h4-6,8-12,15-16H,3,7,13-14,17-18H2,1-2H3,(H,26,30)(H2,25,27,28). The molecular weight excluding hydrogens is 390 g/mol. The largest absolute Gasteiger partial charge is 0.484 e. The number of aryl methyl sites for hydroxylation is 1. The van der Waals surface area contributed by atoms with Gasteiger partial charge in [-0.25, -0.2) is 0 Å². The number of benzene rings is 2. The van der Waals surface area contributed by atoms with E-state index in [2.05, 4.69) is 62.0 Å². The summed E-state index contributed by atoms with van der Waals surface area (Å²) in [5.41, 5.74) is 2.31. The lowest BCUT2D eigenvalue weighted by molar-refractivity contribution is -0.122. The van der Waals surface area contributed by atoms with Crippen LogP contribution in [0.4, 0.5) is 0 Å². The highest BCUT2D eigenvalue weighted by Crippen LogP contribution is 2.15. The van der Waals surface area contributed by atoms with E-state index in [0.29, 0.717) is 18.8 Å². The number of guanidine groups is 1. The molecule has 0 bridgehead atoms. The lowest BCUT2D eigenvalue weighted by Gasteiger charge is -2.13. The van der Waals surface area contributed by atoms with Crippen LogP contribution in [0.2, 0.25) is 0 Å². The highest BCUT2D eigenvalue weighted by Gasteiger charge is 2.04. The first-order valence-corrected chi connectivity index (χ1v) is 10.7. The van der Waals surface area contributed by atoms with E-state index in [-0.39, 0.29) is 12.5 Å². The van der Waals surface area contributed by atoms with E-state index in [1.165, 1.54) is 10.9 Å². The number of fused-ring (bicyclic) bond motifs is 1. The van der Waals surface area contributed by atoms with Gasteiger partial charge in [-0.3, -0.25) is 9.79 Å². The third-order valence-corrected chi connectivity index (χ3v) is 4.87. The van der Waals surface area contributed by atoms with Crippen LogP contribution in [0.25, 0.3) is 10.9 Å². The normalized spacial score (nSPS) is 11.4. The minimum Gasteiger partial charge on any atom is -0.484 e. The Hall–Kier alpha value is -3.48. The molecule has 0 aliphatic heterocycles. The maximum Gasteiger partial charge on any atom is 0.257 e. The van der Waals surface area contributed by atoms with E-state index in [9.17, 15) is 4.79 Å². The molecule has 3 rings (SSSR count). The van der Waals surface area contributed by atoms with Gasteiger partial charge in [0.05, 0.1) is 0 Å². The van der Waals surface area contributed by atoms with Gasteiger partial charge in [-0.1, -0.05) is 30.3 Å². The zero-order valence-corrected chi connectivity index (χ0v) is 18.2. The van der Waals surface area contributed by atoms with Crippen molar-refractivity contribution >= 4 is 22.8 Å². The molecule has 1 amide bonds. The molecule has 0 radical (unpaired) electrons. The molecule has 2 aromatic carbocycles. The van der Waals surface area contributed by atoms with Crippen LogP contribution in [-0.4, -0.2) is 43.2 Å². The first-order chi connectivity index (χ1) is 15.2. The van der Waals surface area contributed by atoms with Crippen LogP contribution in [0.15, 0.2) is 65.8 Å². The van der Waals surface area contributed by atoms with E-state index in [4.69, 9.17) is 4.74 Å². The molecular formula is C24H31N5O2. The summed E-state index contributed by atoms with van der Waals surface area (Å²) in [6.07, 6.45) is 3.13. The first-order valence-electron chi connectivity index (χ1n) is 10.7. The Morgan fingerprint density at radius 1 is 1.06 bits per heavy atom. The molecule has 0 spiro atoms. The fourth-order valence-electron chi connectivity index (χ4n) is 3.34. The second-order valence-electron chi connectivity index (χ2n) is 7.16. The lowest BCUT2D eigenvalue weighted by Crippen LogP contribution is -2.37. The number of ether oxygens (including phenoxy) is 1. The van der Waals surface area contributed by atoms with Crippen LogP contribution in [0.3, 0.4) is 0 Å². The molecule has 7 heteroatoms. The van der Waals surface area contributed by atoms with Gasteiger partial charge in [-0.05, 0) is 48.6 Å². The number of aliphatic imine (C=N–C) groups is 1. The summed E-state index contributed by atoms with van der Waals surface area (Å²) in [6.45, 7) is 4.88. The Morgan fingerprint density at radius 3 is 2.77 bits per heavy atom. The Morgan fingerprint density at radius 2 is 1.94 bits per heavy atom. The monoisotopic (exact) mass is 421 g/mol. The average molecular weight is 422 g/mol. The second-order valence-corrected chi connectivity index (χ2v) is 7.16. The SMILES string of the molecule is CCNC(=O)COc1cccc(CNC(=NC)NCCCn2ccc3ccccc32)c1. The van der Waals surface area contributed by atoms with Crippen molar-refractivity contribution in [3.05, 3.63) is 66.4 Å². The second kappa shape index (κ2) is 11.6. The van der Waals surface area contributed by atoms with Gasteiger partial charge in [0.15, 0.2) is 12.6 Å². The third kappa shape index (κ3) is 6.77. The number of nitrogens with zero attached hydrogens (tertiary/aromatic N) is 2. The fraction of sp³-hybridized carbons (Fsp3) is 0.333. The van der Waals surface area contributed by atoms with E-state index >= 15 is 0 Å². The summed E-state index contributed by atoms with van der Waals surface area (Å²) in [7, 11) is 1.76. The number of aromatic nitrogens is 1. The number of hydrogen-bond acceptors (Lipinski definition) is 3. The quantitative estimate of drug-likeness (QED) is 0.267.